The third-order valence-electron chi connectivity index (χ3n) is 4.62. The van der Waals surface area contributed by atoms with E-state index >= 15 is 0 Å². The van der Waals surface area contributed by atoms with Crippen molar-refractivity contribution in [1.29, 1.82) is 0 Å². The molecule has 6 nitrogen and oxygen atoms in total. The van der Waals surface area contributed by atoms with Gasteiger partial charge >= 0.3 is 0 Å². The molecule has 2 aliphatic heterocycles. The van der Waals surface area contributed by atoms with Crippen LogP contribution in [0.25, 0.3) is 0 Å². The predicted octanol–water partition coefficient (Wildman–Crippen LogP) is 0.0943. The van der Waals surface area contributed by atoms with Crippen molar-refractivity contribution in [2.45, 2.75) is 0 Å². The van der Waals surface area contributed by atoms with Crippen molar-refractivity contribution in [1.82, 2.24) is 14.8 Å². The van der Waals surface area contributed by atoms with Crippen molar-refractivity contribution in [3.8, 4) is 0 Å². The maximum atomic E-state index is 12.5. The van der Waals surface area contributed by atoms with Gasteiger partial charge in [0.1, 0.15) is 0 Å². The van der Waals surface area contributed by atoms with Crippen LogP contribution >= 0.6 is 0 Å². The first-order valence-corrected chi connectivity index (χ1v) is 7.88. The van der Waals surface area contributed by atoms with Gasteiger partial charge in [0.15, 0.2) is 0 Å². The van der Waals surface area contributed by atoms with Crippen molar-refractivity contribution in [3.05, 3.63) is 30.1 Å². The van der Waals surface area contributed by atoms with Crippen LogP contribution in [0.2, 0.25) is 0 Å². The smallest absolute Gasteiger partial charge is 0.253 e. The van der Waals surface area contributed by atoms with Crippen molar-refractivity contribution >= 4 is 5.91 Å². The molecule has 0 radical (unpaired) electrons. The number of nitrogens with zero attached hydrogens (tertiary/aromatic N) is 3. The standard InChI is InChI=1S/C16H23N3O3/c20-12-15-11-19(16(21)13-1-3-17-4-2-13)10-14(15)9-18-5-7-22-8-6-18/h1-4,14-15,20H,5-12H2/t14-,15-/m1/s1. The molecule has 1 amide bonds. The van der Waals surface area contributed by atoms with E-state index in [4.69, 9.17) is 4.74 Å². The monoisotopic (exact) mass is 305 g/mol. The quantitative estimate of drug-likeness (QED) is 0.854. The molecular weight excluding hydrogens is 282 g/mol. The number of hydrogen-bond acceptors (Lipinski definition) is 5. The number of ether oxygens (including phenoxy) is 1. The number of carbonyl (C=O) groups excluding carboxylic acids is 1. The Hall–Kier alpha value is -1.50. The number of rotatable bonds is 4. The van der Waals surface area contributed by atoms with Gasteiger partial charge < -0.3 is 14.7 Å². The second kappa shape index (κ2) is 7.17. The minimum absolute atomic E-state index is 0.0327. The van der Waals surface area contributed by atoms with Gasteiger partial charge in [0, 0.05) is 63.2 Å². The van der Waals surface area contributed by atoms with Crippen molar-refractivity contribution in [2.24, 2.45) is 11.8 Å². The van der Waals surface area contributed by atoms with E-state index in [-0.39, 0.29) is 18.4 Å². The molecule has 0 saturated carbocycles. The molecule has 120 valence electrons. The largest absolute Gasteiger partial charge is 0.396 e. The van der Waals surface area contributed by atoms with Gasteiger partial charge in [0.05, 0.1) is 13.2 Å². The summed E-state index contributed by atoms with van der Waals surface area (Å²) >= 11 is 0. The molecule has 2 aliphatic rings. The fraction of sp³-hybridized carbons (Fsp3) is 0.625. The average Bonchev–Trinajstić information content (AvgIpc) is 2.99. The van der Waals surface area contributed by atoms with Gasteiger partial charge in [-0.2, -0.15) is 0 Å². The van der Waals surface area contributed by atoms with E-state index in [1.54, 1.807) is 24.5 Å². The Morgan fingerprint density at radius 2 is 1.91 bits per heavy atom. The van der Waals surface area contributed by atoms with Crippen LogP contribution in [0.5, 0.6) is 0 Å². The Balaban J connectivity index is 1.62. The minimum atomic E-state index is 0.0327. The average molecular weight is 305 g/mol. The summed E-state index contributed by atoms with van der Waals surface area (Å²) in [5, 5.41) is 9.64. The number of amides is 1. The van der Waals surface area contributed by atoms with E-state index in [0.29, 0.717) is 24.6 Å². The topological polar surface area (TPSA) is 65.9 Å². The van der Waals surface area contributed by atoms with Crippen LogP contribution in [0.3, 0.4) is 0 Å². The lowest BCUT2D eigenvalue weighted by Crippen LogP contribution is -2.41. The summed E-state index contributed by atoms with van der Waals surface area (Å²) in [6.45, 7) is 5.83. The zero-order valence-electron chi connectivity index (χ0n) is 12.7. The number of aliphatic hydroxyl groups excluding tert-OH is 1. The molecule has 3 rings (SSSR count). The molecule has 2 saturated heterocycles. The van der Waals surface area contributed by atoms with Crippen molar-refractivity contribution in [3.63, 3.8) is 0 Å². The summed E-state index contributed by atoms with van der Waals surface area (Å²) in [7, 11) is 0. The lowest BCUT2D eigenvalue weighted by atomic mass is 9.96. The third-order valence-corrected chi connectivity index (χ3v) is 4.62. The van der Waals surface area contributed by atoms with Crippen LogP contribution in [0.15, 0.2) is 24.5 Å². The Bertz CT molecular complexity index is 491. The Morgan fingerprint density at radius 1 is 1.23 bits per heavy atom. The van der Waals surface area contributed by atoms with Crippen LogP contribution in [0.4, 0.5) is 0 Å². The van der Waals surface area contributed by atoms with E-state index in [9.17, 15) is 9.90 Å². The van der Waals surface area contributed by atoms with E-state index in [0.717, 1.165) is 32.8 Å². The molecule has 1 N–H and O–H groups in total. The van der Waals surface area contributed by atoms with Crippen LogP contribution in [-0.2, 0) is 4.74 Å². The first-order valence-electron chi connectivity index (χ1n) is 7.88. The third kappa shape index (κ3) is 3.45. The maximum absolute atomic E-state index is 12.5. The molecular formula is C16H23N3O3. The Kier molecular flexibility index (Phi) is 5.02. The zero-order chi connectivity index (χ0) is 15.4. The van der Waals surface area contributed by atoms with Crippen LogP contribution in [-0.4, -0.2) is 78.3 Å². The Morgan fingerprint density at radius 3 is 2.59 bits per heavy atom. The second-order valence-electron chi connectivity index (χ2n) is 6.06. The second-order valence-corrected chi connectivity index (χ2v) is 6.06. The van der Waals surface area contributed by atoms with Gasteiger partial charge in [-0.25, -0.2) is 0 Å². The first-order chi connectivity index (χ1) is 10.8. The molecule has 0 bridgehead atoms. The van der Waals surface area contributed by atoms with Crippen molar-refractivity contribution < 1.29 is 14.6 Å². The summed E-state index contributed by atoms with van der Waals surface area (Å²) in [4.78, 5) is 20.7. The molecule has 3 heterocycles. The number of likely N-dealkylation sites (tertiary alicyclic amines) is 1. The van der Waals surface area contributed by atoms with Gasteiger partial charge in [-0.1, -0.05) is 0 Å². The minimum Gasteiger partial charge on any atom is -0.396 e. The lowest BCUT2D eigenvalue weighted by Gasteiger charge is -2.30. The number of morpholine rings is 1. The molecule has 0 aliphatic carbocycles. The van der Waals surface area contributed by atoms with Gasteiger partial charge in [0.2, 0.25) is 0 Å². The number of carbonyl (C=O) groups is 1. The number of aliphatic hydroxyl groups is 1. The first kappa shape index (κ1) is 15.4. The summed E-state index contributed by atoms with van der Waals surface area (Å²) in [5.74, 6) is 0.521. The molecule has 0 spiro atoms. The summed E-state index contributed by atoms with van der Waals surface area (Å²) < 4.78 is 5.37. The summed E-state index contributed by atoms with van der Waals surface area (Å²) in [5.41, 5.74) is 0.665. The van der Waals surface area contributed by atoms with Gasteiger partial charge in [-0.3, -0.25) is 14.7 Å². The van der Waals surface area contributed by atoms with Crippen LogP contribution in [0, 0.1) is 11.8 Å². The highest BCUT2D eigenvalue weighted by molar-refractivity contribution is 5.94. The Labute approximate surface area is 130 Å². The molecule has 0 unspecified atom stereocenters. The van der Waals surface area contributed by atoms with Gasteiger partial charge in [-0.15, -0.1) is 0 Å². The molecule has 1 aromatic heterocycles. The highest BCUT2D eigenvalue weighted by Crippen LogP contribution is 2.25. The van der Waals surface area contributed by atoms with Crippen molar-refractivity contribution in [2.75, 3.05) is 52.5 Å². The predicted molar refractivity (Wildman–Crippen MR) is 81.5 cm³/mol. The van der Waals surface area contributed by atoms with Gasteiger partial charge in [-0.05, 0) is 18.1 Å². The normalized spacial score (nSPS) is 26.3. The molecule has 2 fully saturated rings. The fourth-order valence-corrected chi connectivity index (χ4v) is 3.31. The fourth-order valence-electron chi connectivity index (χ4n) is 3.31. The van der Waals surface area contributed by atoms with E-state index in [1.807, 2.05) is 4.90 Å². The summed E-state index contributed by atoms with van der Waals surface area (Å²) in [6, 6.07) is 3.48. The SMILES string of the molecule is O=C(c1ccncc1)N1C[C@@H](CN2CCOCC2)[C@@H](CO)C1. The van der Waals surface area contributed by atoms with Crippen LogP contribution < -0.4 is 0 Å². The lowest BCUT2D eigenvalue weighted by molar-refractivity contribution is 0.0264. The van der Waals surface area contributed by atoms with E-state index < -0.39 is 0 Å². The summed E-state index contributed by atoms with van der Waals surface area (Å²) in [6.07, 6.45) is 3.27. The van der Waals surface area contributed by atoms with E-state index in [2.05, 4.69) is 9.88 Å². The molecule has 6 heteroatoms. The molecule has 22 heavy (non-hydrogen) atoms. The van der Waals surface area contributed by atoms with Crippen LogP contribution in [0.1, 0.15) is 10.4 Å². The van der Waals surface area contributed by atoms with Gasteiger partial charge in [0.25, 0.3) is 5.91 Å². The number of aromatic nitrogens is 1. The maximum Gasteiger partial charge on any atom is 0.253 e. The highest BCUT2D eigenvalue weighted by Gasteiger charge is 2.36. The number of hydrogen-bond donors (Lipinski definition) is 1. The molecule has 0 aromatic carbocycles. The highest BCUT2D eigenvalue weighted by atomic mass is 16.5. The molecule has 1 aromatic rings. The number of pyridine rings is 1. The van der Waals surface area contributed by atoms with E-state index in [1.165, 1.54) is 0 Å². The zero-order valence-corrected chi connectivity index (χ0v) is 12.7. The molecule has 2 atom stereocenters.